The van der Waals surface area contributed by atoms with Crippen molar-refractivity contribution in [3.05, 3.63) is 34.7 Å². The number of aliphatic hydroxyl groups excluding tert-OH is 1. The quantitative estimate of drug-likeness (QED) is 0.718. The number of nitrogens with one attached hydrogen (secondary N) is 1. The predicted octanol–water partition coefficient (Wildman–Crippen LogP) is 4.14. The normalized spacial score (nSPS) is 29.9. The van der Waals surface area contributed by atoms with Crippen LogP contribution in [0.5, 0.6) is 0 Å². The number of aromatic nitrogens is 2. The van der Waals surface area contributed by atoms with Crippen molar-refractivity contribution in [3.8, 4) is 11.3 Å². The second-order valence-corrected chi connectivity index (χ2v) is 9.55. The molecule has 9 heteroatoms. The van der Waals surface area contributed by atoms with Gasteiger partial charge in [-0.1, -0.05) is 24.4 Å². The number of aliphatic imine (C=N–C) groups is 1. The first-order valence-corrected chi connectivity index (χ1v) is 11.5. The van der Waals surface area contributed by atoms with E-state index in [0.29, 0.717) is 40.9 Å². The fourth-order valence-electron chi connectivity index (χ4n) is 5.63. The van der Waals surface area contributed by atoms with Gasteiger partial charge in [-0.15, -0.1) is 0 Å². The average molecular weight is 459 g/mol. The molecule has 3 aliphatic heterocycles. The Balaban J connectivity index is 1.35. The van der Waals surface area contributed by atoms with E-state index in [0.717, 1.165) is 37.0 Å². The standard InChI is InChI=1S/C23H24ClFN4O3/c1-11-23(4-2-3-5-23)13-6-12(7-15(25)20(13)27-11)19-14(24)9-26-22(29-19)28-16-8-18-31-10-17(32-18)21(16)30/h6-7,9,16-18,21,30H,2-5,8,10H2,1H3,(H,26,28,29)/t16?,17-,18-,21-/m0/s1. The number of ether oxygens (including phenoxy) is 2. The number of rotatable bonds is 3. The number of hydrogen-bond acceptors (Lipinski definition) is 7. The van der Waals surface area contributed by atoms with Crippen molar-refractivity contribution in [3.63, 3.8) is 0 Å². The first kappa shape index (κ1) is 20.5. The summed E-state index contributed by atoms with van der Waals surface area (Å²) in [4.78, 5) is 13.4. The maximum absolute atomic E-state index is 15.1. The van der Waals surface area contributed by atoms with Crippen LogP contribution in [0.2, 0.25) is 5.02 Å². The minimum atomic E-state index is -0.740. The Morgan fingerprint density at radius 3 is 2.91 bits per heavy atom. The summed E-state index contributed by atoms with van der Waals surface area (Å²) in [7, 11) is 0. The minimum Gasteiger partial charge on any atom is -0.388 e. The lowest BCUT2D eigenvalue weighted by atomic mass is 9.76. The molecule has 1 unspecified atom stereocenters. The summed E-state index contributed by atoms with van der Waals surface area (Å²) >= 11 is 6.45. The molecule has 3 fully saturated rings. The Kier molecular flexibility index (Phi) is 4.77. The van der Waals surface area contributed by atoms with Gasteiger partial charge in [0.05, 0.1) is 29.6 Å². The second-order valence-electron chi connectivity index (χ2n) is 9.15. The zero-order valence-corrected chi connectivity index (χ0v) is 18.4. The molecule has 1 aromatic carbocycles. The fourth-order valence-corrected chi connectivity index (χ4v) is 5.83. The second kappa shape index (κ2) is 7.45. The number of fused-ring (bicyclic) bond motifs is 4. The number of halogens is 2. The van der Waals surface area contributed by atoms with Crippen molar-refractivity contribution in [2.75, 3.05) is 11.9 Å². The molecule has 2 aromatic rings. The highest BCUT2D eigenvalue weighted by Gasteiger charge is 2.45. The molecule has 32 heavy (non-hydrogen) atoms. The van der Waals surface area contributed by atoms with Gasteiger partial charge in [-0.25, -0.2) is 14.4 Å². The van der Waals surface area contributed by atoms with Gasteiger partial charge in [0.2, 0.25) is 5.95 Å². The molecule has 1 aromatic heterocycles. The van der Waals surface area contributed by atoms with Crippen molar-refractivity contribution >= 4 is 28.9 Å². The molecule has 0 radical (unpaired) electrons. The molecular weight excluding hydrogens is 435 g/mol. The average Bonchev–Trinajstić information content (AvgIpc) is 3.49. The Morgan fingerprint density at radius 1 is 1.28 bits per heavy atom. The Bertz CT molecular complexity index is 1120. The largest absolute Gasteiger partial charge is 0.388 e. The van der Waals surface area contributed by atoms with Gasteiger partial charge < -0.3 is 19.9 Å². The van der Waals surface area contributed by atoms with Crippen molar-refractivity contribution in [1.29, 1.82) is 0 Å². The molecule has 0 amide bonds. The highest BCUT2D eigenvalue weighted by Crippen LogP contribution is 2.52. The summed E-state index contributed by atoms with van der Waals surface area (Å²) in [5.41, 5.74) is 3.23. The molecule has 2 saturated heterocycles. The molecule has 2 N–H and O–H groups in total. The van der Waals surface area contributed by atoms with Crippen LogP contribution in [0, 0.1) is 5.82 Å². The van der Waals surface area contributed by atoms with E-state index in [1.54, 1.807) is 0 Å². The van der Waals surface area contributed by atoms with Gasteiger partial charge in [0.25, 0.3) is 0 Å². The molecule has 1 saturated carbocycles. The third kappa shape index (κ3) is 3.08. The number of nitrogens with zero attached hydrogens (tertiary/aromatic N) is 3. The molecule has 7 nitrogen and oxygen atoms in total. The molecule has 4 heterocycles. The van der Waals surface area contributed by atoms with Crippen LogP contribution in [0.15, 0.2) is 23.3 Å². The van der Waals surface area contributed by atoms with Gasteiger partial charge in [0, 0.05) is 23.1 Å². The van der Waals surface area contributed by atoms with Crippen LogP contribution in [0.25, 0.3) is 11.3 Å². The van der Waals surface area contributed by atoms with E-state index >= 15 is 4.39 Å². The van der Waals surface area contributed by atoms with E-state index in [9.17, 15) is 5.11 Å². The van der Waals surface area contributed by atoms with Gasteiger partial charge in [-0.05, 0) is 37.5 Å². The fraction of sp³-hybridized carbons (Fsp3) is 0.522. The van der Waals surface area contributed by atoms with Gasteiger partial charge in [0.15, 0.2) is 6.29 Å². The van der Waals surface area contributed by atoms with Crippen LogP contribution in [0.4, 0.5) is 16.0 Å². The maximum Gasteiger partial charge on any atom is 0.223 e. The number of aliphatic hydroxyl groups is 1. The highest BCUT2D eigenvalue weighted by atomic mass is 35.5. The van der Waals surface area contributed by atoms with E-state index in [2.05, 4.69) is 20.3 Å². The summed E-state index contributed by atoms with van der Waals surface area (Å²) in [5.74, 6) is -0.0444. The number of hydrogen-bond donors (Lipinski definition) is 2. The molecule has 1 aliphatic carbocycles. The third-order valence-electron chi connectivity index (χ3n) is 7.35. The zero-order chi connectivity index (χ0) is 22.0. The third-order valence-corrected chi connectivity index (χ3v) is 7.63. The van der Waals surface area contributed by atoms with Crippen LogP contribution in [-0.2, 0) is 14.9 Å². The maximum atomic E-state index is 15.1. The van der Waals surface area contributed by atoms with E-state index < -0.39 is 6.10 Å². The van der Waals surface area contributed by atoms with Crippen molar-refractivity contribution in [1.82, 2.24) is 9.97 Å². The lowest BCUT2D eigenvalue weighted by Crippen LogP contribution is -2.48. The first-order valence-electron chi connectivity index (χ1n) is 11.1. The van der Waals surface area contributed by atoms with Crippen LogP contribution >= 0.6 is 11.6 Å². The zero-order valence-electron chi connectivity index (χ0n) is 17.6. The summed E-state index contributed by atoms with van der Waals surface area (Å²) in [6, 6.07) is 3.11. The van der Waals surface area contributed by atoms with E-state index in [1.807, 2.05) is 13.0 Å². The molecule has 1 spiro atoms. The van der Waals surface area contributed by atoms with Crippen LogP contribution in [0.1, 0.15) is 44.6 Å². The number of benzene rings is 1. The van der Waals surface area contributed by atoms with Crippen molar-refractivity contribution in [2.24, 2.45) is 4.99 Å². The Hall–Kier alpha value is -2.13. The van der Waals surface area contributed by atoms with Gasteiger partial charge in [0.1, 0.15) is 23.7 Å². The smallest absolute Gasteiger partial charge is 0.223 e. The SMILES string of the molecule is CC1=Nc2c(F)cc(-c3nc(NC4C[C@H]5OC[C@H](O5)[C@H]4O)ncc3Cl)cc2C12CCCC2. The Morgan fingerprint density at radius 2 is 2.09 bits per heavy atom. The molecule has 4 atom stereocenters. The van der Waals surface area contributed by atoms with E-state index in [-0.39, 0.29) is 29.7 Å². The van der Waals surface area contributed by atoms with E-state index in [1.165, 1.54) is 12.3 Å². The van der Waals surface area contributed by atoms with Gasteiger partial charge in [-0.2, -0.15) is 0 Å². The summed E-state index contributed by atoms with van der Waals surface area (Å²) in [5, 5.41) is 14.1. The predicted molar refractivity (Wildman–Crippen MR) is 118 cm³/mol. The van der Waals surface area contributed by atoms with Crippen LogP contribution < -0.4 is 5.32 Å². The summed E-state index contributed by atoms with van der Waals surface area (Å²) in [6.45, 7) is 2.37. The highest BCUT2D eigenvalue weighted by molar-refractivity contribution is 6.33. The lowest BCUT2D eigenvalue weighted by molar-refractivity contribution is -0.123. The summed E-state index contributed by atoms with van der Waals surface area (Å²) < 4.78 is 26.2. The first-order chi connectivity index (χ1) is 15.4. The van der Waals surface area contributed by atoms with Crippen LogP contribution in [0.3, 0.4) is 0 Å². The Labute approximate surface area is 190 Å². The monoisotopic (exact) mass is 458 g/mol. The molecule has 4 aliphatic rings. The molecule has 6 rings (SSSR count). The van der Waals surface area contributed by atoms with E-state index in [4.69, 9.17) is 21.1 Å². The van der Waals surface area contributed by atoms with Gasteiger partial charge >= 0.3 is 0 Å². The summed E-state index contributed by atoms with van der Waals surface area (Å²) in [6.07, 6.45) is 4.71. The molecule has 168 valence electrons. The van der Waals surface area contributed by atoms with Crippen LogP contribution in [-0.4, -0.2) is 51.9 Å². The van der Waals surface area contributed by atoms with Crippen molar-refractivity contribution < 1.29 is 19.0 Å². The van der Waals surface area contributed by atoms with Gasteiger partial charge in [-0.3, -0.25) is 4.99 Å². The lowest BCUT2D eigenvalue weighted by Gasteiger charge is -2.32. The number of anilines is 1. The molecular formula is C23H24ClFN4O3. The van der Waals surface area contributed by atoms with Crippen molar-refractivity contribution in [2.45, 2.75) is 69.0 Å². The molecule has 2 bridgehead atoms. The topological polar surface area (TPSA) is 88.9 Å². The minimum absolute atomic E-state index is 0.182.